The Hall–Kier alpha value is -3.05. The van der Waals surface area contributed by atoms with E-state index in [-0.39, 0.29) is 49.1 Å². The van der Waals surface area contributed by atoms with Gasteiger partial charge in [-0.15, -0.1) is 0 Å². The number of nitrogens with one attached hydrogen (secondary N) is 1. The van der Waals surface area contributed by atoms with Crippen molar-refractivity contribution in [2.24, 2.45) is 0 Å². The van der Waals surface area contributed by atoms with Crippen molar-refractivity contribution in [3.05, 3.63) is 53.6 Å². The van der Waals surface area contributed by atoms with Gasteiger partial charge in [-0.3, -0.25) is 18.9 Å². The molecular weight excluding hydrogens is 403 g/mol. The summed E-state index contributed by atoms with van der Waals surface area (Å²) in [5.74, 6) is -1.24. The second-order valence-corrected chi connectivity index (χ2v) is 6.89. The third-order valence-corrected chi connectivity index (χ3v) is 4.86. The number of amides is 2. The lowest BCUT2D eigenvalue weighted by molar-refractivity contribution is 0.0527. The number of benzene rings is 1. The maximum atomic E-state index is 13.8. The quantitative estimate of drug-likeness (QED) is 0.704. The molecule has 9 nitrogen and oxygen atoms in total. The third kappa shape index (κ3) is 4.69. The number of carbonyl (C=O) groups is 2. The Morgan fingerprint density at radius 1 is 1.17 bits per heavy atom. The Morgan fingerprint density at radius 3 is 2.41 bits per heavy atom. The summed E-state index contributed by atoms with van der Waals surface area (Å²) in [7, 11) is 1.39. The summed E-state index contributed by atoms with van der Waals surface area (Å²) in [6.07, 6.45) is 1.35. The van der Waals surface area contributed by atoms with Crippen LogP contribution in [0.1, 0.15) is 20.8 Å². The Bertz CT molecular complexity index is 950. The average Bonchev–Trinajstić information content (AvgIpc) is 2.72. The van der Waals surface area contributed by atoms with Crippen LogP contribution < -0.4 is 9.46 Å². The molecule has 1 unspecified atom stereocenters. The zero-order valence-corrected chi connectivity index (χ0v) is 16.3. The number of ether oxygens (including phenoxy) is 1. The van der Waals surface area contributed by atoms with Crippen LogP contribution in [0.15, 0.2) is 36.5 Å². The fourth-order valence-electron chi connectivity index (χ4n) is 3.01. The van der Waals surface area contributed by atoms with E-state index in [1.807, 2.05) is 0 Å². The molecule has 2 amide bonds. The highest BCUT2D eigenvalue weighted by Gasteiger charge is 2.28. The fraction of sp³-hybridized carbons (Fsp3) is 0.278. The van der Waals surface area contributed by atoms with Gasteiger partial charge in [0.25, 0.3) is 23.1 Å². The molecule has 3 rings (SSSR count). The lowest BCUT2D eigenvalue weighted by Crippen LogP contribution is -2.50. The zero-order valence-electron chi connectivity index (χ0n) is 15.5. The number of nitrogens with zero attached hydrogens (tertiary/aromatic N) is 3. The summed E-state index contributed by atoms with van der Waals surface area (Å²) < 4.78 is 41.1. The van der Waals surface area contributed by atoms with E-state index in [9.17, 15) is 18.2 Å². The van der Waals surface area contributed by atoms with Crippen molar-refractivity contribution in [1.82, 2.24) is 14.8 Å². The highest BCUT2D eigenvalue weighted by atomic mass is 32.2. The number of carbonyl (C=O) groups excluding carboxylic acids is 2. The Morgan fingerprint density at radius 2 is 1.83 bits per heavy atom. The topological polar surface area (TPSA) is 112 Å². The van der Waals surface area contributed by atoms with Crippen molar-refractivity contribution in [2.75, 3.05) is 38.0 Å². The van der Waals surface area contributed by atoms with Crippen molar-refractivity contribution in [2.45, 2.75) is 0 Å². The number of methoxy groups -OCH3 is 1. The van der Waals surface area contributed by atoms with Crippen molar-refractivity contribution in [3.63, 3.8) is 0 Å². The second-order valence-electron chi connectivity index (χ2n) is 6.18. The molecule has 154 valence electrons. The fourth-order valence-corrected chi connectivity index (χ4v) is 3.34. The number of anilines is 1. The second kappa shape index (κ2) is 8.97. The predicted molar refractivity (Wildman–Crippen MR) is 103 cm³/mol. The molecule has 1 saturated heterocycles. The van der Waals surface area contributed by atoms with Crippen LogP contribution in [0.5, 0.6) is 5.75 Å². The summed E-state index contributed by atoms with van der Waals surface area (Å²) in [4.78, 5) is 32.1. The average molecular weight is 422 g/mol. The molecule has 29 heavy (non-hydrogen) atoms. The van der Waals surface area contributed by atoms with Gasteiger partial charge in [-0.2, -0.15) is 0 Å². The van der Waals surface area contributed by atoms with Gasteiger partial charge in [-0.1, -0.05) is 0 Å². The van der Waals surface area contributed by atoms with Gasteiger partial charge in [0.2, 0.25) is 0 Å². The minimum Gasteiger partial charge on any atom is -0.496 e. The molecule has 0 aliphatic carbocycles. The smallest absolute Gasteiger partial charge is 0.275 e. The number of hydrogen-bond donors (Lipinski definition) is 2. The zero-order chi connectivity index (χ0) is 21.0. The van der Waals surface area contributed by atoms with E-state index in [1.54, 1.807) is 4.90 Å². The molecule has 1 aromatic carbocycles. The highest BCUT2D eigenvalue weighted by Crippen LogP contribution is 2.25. The van der Waals surface area contributed by atoms with Crippen molar-refractivity contribution < 1.29 is 27.5 Å². The third-order valence-electron chi connectivity index (χ3n) is 4.45. The molecule has 0 spiro atoms. The van der Waals surface area contributed by atoms with Crippen LogP contribution in [0.2, 0.25) is 0 Å². The van der Waals surface area contributed by atoms with Gasteiger partial charge in [0.1, 0.15) is 5.75 Å². The van der Waals surface area contributed by atoms with Crippen LogP contribution in [0, 0.1) is 5.82 Å². The van der Waals surface area contributed by atoms with E-state index >= 15 is 0 Å². The molecule has 0 bridgehead atoms. The summed E-state index contributed by atoms with van der Waals surface area (Å²) in [5.41, 5.74) is 0.377. The number of halogens is 1. The van der Waals surface area contributed by atoms with Crippen LogP contribution in [-0.2, 0) is 11.3 Å². The SMILES string of the molecule is COc1cc(NS(=O)O)ccc1C(=O)N1CCN(C(=O)c2ncccc2F)CC1. The molecule has 1 atom stereocenters. The lowest BCUT2D eigenvalue weighted by Gasteiger charge is -2.34. The van der Waals surface area contributed by atoms with Gasteiger partial charge in [0.15, 0.2) is 11.5 Å². The molecule has 2 aromatic rings. The first-order valence-corrected chi connectivity index (χ1v) is 9.76. The van der Waals surface area contributed by atoms with Crippen molar-refractivity contribution >= 4 is 28.8 Å². The number of piperazine rings is 1. The van der Waals surface area contributed by atoms with E-state index in [4.69, 9.17) is 9.29 Å². The van der Waals surface area contributed by atoms with Gasteiger partial charge in [0.05, 0.1) is 18.4 Å². The molecule has 2 heterocycles. The normalized spacial score (nSPS) is 15.0. The maximum absolute atomic E-state index is 13.8. The Kier molecular flexibility index (Phi) is 6.39. The summed E-state index contributed by atoms with van der Waals surface area (Å²) >= 11 is -2.24. The van der Waals surface area contributed by atoms with E-state index < -0.39 is 23.0 Å². The molecule has 11 heteroatoms. The molecule has 2 N–H and O–H groups in total. The monoisotopic (exact) mass is 422 g/mol. The molecular formula is C18H19FN4O5S. The molecule has 1 aliphatic rings. The van der Waals surface area contributed by atoms with E-state index in [1.165, 1.54) is 48.5 Å². The number of aromatic nitrogens is 1. The summed E-state index contributed by atoms with van der Waals surface area (Å²) in [6, 6.07) is 7.03. The molecule has 0 radical (unpaired) electrons. The maximum Gasteiger partial charge on any atom is 0.275 e. The number of rotatable bonds is 5. The van der Waals surface area contributed by atoms with Crippen molar-refractivity contribution in [1.29, 1.82) is 0 Å². The van der Waals surface area contributed by atoms with E-state index in [0.29, 0.717) is 5.69 Å². The Labute approximate surface area is 168 Å². The van der Waals surface area contributed by atoms with Gasteiger partial charge >= 0.3 is 0 Å². The van der Waals surface area contributed by atoms with E-state index in [2.05, 4.69) is 9.71 Å². The van der Waals surface area contributed by atoms with Gasteiger partial charge < -0.3 is 14.5 Å². The van der Waals surface area contributed by atoms with Crippen LogP contribution in [0.25, 0.3) is 0 Å². The Balaban J connectivity index is 1.68. The number of pyridine rings is 1. The largest absolute Gasteiger partial charge is 0.496 e. The van der Waals surface area contributed by atoms with Crippen LogP contribution in [0.4, 0.5) is 10.1 Å². The minimum absolute atomic E-state index is 0.238. The lowest BCUT2D eigenvalue weighted by atomic mass is 10.1. The van der Waals surface area contributed by atoms with Gasteiger partial charge in [-0.25, -0.2) is 13.6 Å². The first-order valence-electron chi connectivity index (χ1n) is 8.65. The molecule has 1 fully saturated rings. The first-order chi connectivity index (χ1) is 13.9. The van der Waals surface area contributed by atoms with Gasteiger partial charge in [0, 0.05) is 38.4 Å². The number of hydrogen-bond acceptors (Lipinski definition) is 5. The predicted octanol–water partition coefficient (Wildman–Crippen LogP) is 1.38. The standard InChI is InChI=1S/C18H19FN4O5S/c1-28-15-11-12(21-29(26)27)4-5-13(15)17(24)22-7-9-23(10-8-22)18(25)16-14(19)3-2-6-20-16/h2-6,11,21H,7-10H2,1H3,(H,26,27). The minimum atomic E-state index is -2.24. The van der Waals surface area contributed by atoms with Crippen LogP contribution >= 0.6 is 0 Å². The summed E-state index contributed by atoms with van der Waals surface area (Å²) in [5, 5.41) is 0. The van der Waals surface area contributed by atoms with Crippen LogP contribution in [0.3, 0.4) is 0 Å². The van der Waals surface area contributed by atoms with Crippen LogP contribution in [-0.4, -0.2) is 68.6 Å². The summed E-state index contributed by atoms with van der Waals surface area (Å²) in [6.45, 7) is 1.02. The van der Waals surface area contributed by atoms with E-state index in [0.717, 1.165) is 0 Å². The molecule has 1 aromatic heterocycles. The highest BCUT2D eigenvalue weighted by molar-refractivity contribution is 7.80. The first kappa shape index (κ1) is 20.7. The van der Waals surface area contributed by atoms with Crippen molar-refractivity contribution in [3.8, 4) is 5.75 Å². The van der Waals surface area contributed by atoms with Gasteiger partial charge in [-0.05, 0) is 24.3 Å². The molecule has 0 saturated carbocycles. The molecule has 1 aliphatic heterocycles.